The SMILES string of the molecule is O=S1(=O)C(CNC2CC2)=Cc2cccc(Cl)c21. The van der Waals surface area contributed by atoms with Crippen molar-refractivity contribution in [2.45, 2.75) is 23.8 Å². The molecule has 1 aromatic carbocycles. The van der Waals surface area contributed by atoms with Crippen LogP contribution in [0.1, 0.15) is 18.4 Å². The Labute approximate surface area is 105 Å². The van der Waals surface area contributed by atoms with Crippen molar-refractivity contribution in [1.29, 1.82) is 0 Å². The van der Waals surface area contributed by atoms with Crippen molar-refractivity contribution in [3.63, 3.8) is 0 Å². The van der Waals surface area contributed by atoms with Gasteiger partial charge in [-0.15, -0.1) is 0 Å². The smallest absolute Gasteiger partial charge is 0.206 e. The zero-order chi connectivity index (χ0) is 12.0. The number of rotatable bonds is 3. The summed E-state index contributed by atoms with van der Waals surface area (Å²) in [5.41, 5.74) is 0.699. The van der Waals surface area contributed by atoms with Gasteiger partial charge >= 0.3 is 0 Å². The van der Waals surface area contributed by atoms with Crippen LogP contribution in [-0.2, 0) is 9.84 Å². The van der Waals surface area contributed by atoms with E-state index in [4.69, 9.17) is 11.6 Å². The van der Waals surface area contributed by atoms with Gasteiger partial charge in [-0.05, 0) is 30.5 Å². The third kappa shape index (κ3) is 1.90. The van der Waals surface area contributed by atoms with E-state index in [0.717, 1.165) is 12.8 Å². The molecule has 3 nitrogen and oxygen atoms in total. The maximum absolute atomic E-state index is 12.2. The second-order valence-electron chi connectivity index (χ2n) is 4.43. The molecule has 0 saturated heterocycles. The highest BCUT2D eigenvalue weighted by Gasteiger charge is 2.32. The minimum Gasteiger partial charge on any atom is -0.309 e. The summed E-state index contributed by atoms with van der Waals surface area (Å²) < 4.78 is 24.5. The van der Waals surface area contributed by atoms with Gasteiger partial charge < -0.3 is 5.32 Å². The van der Waals surface area contributed by atoms with Crippen LogP contribution in [0.5, 0.6) is 0 Å². The van der Waals surface area contributed by atoms with Crippen LogP contribution in [0.2, 0.25) is 5.02 Å². The van der Waals surface area contributed by atoms with Crippen molar-refractivity contribution in [3.05, 3.63) is 33.7 Å². The second-order valence-corrected chi connectivity index (χ2v) is 6.77. The maximum Gasteiger partial charge on any atom is 0.206 e. The Hall–Kier alpha value is -0.840. The summed E-state index contributed by atoms with van der Waals surface area (Å²) >= 11 is 5.96. The molecule has 1 heterocycles. The zero-order valence-electron chi connectivity index (χ0n) is 9.11. The van der Waals surface area contributed by atoms with Gasteiger partial charge in [-0.2, -0.15) is 0 Å². The molecule has 2 aliphatic rings. The monoisotopic (exact) mass is 269 g/mol. The fourth-order valence-electron chi connectivity index (χ4n) is 1.98. The zero-order valence-corrected chi connectivity index (χ0v) is 10.7. The lowest BCUT2D eigenvalue weighted by Crippen LogP contribution is -2.21. The van der Waals surface area contributed by atoms with E-state index >= 15 is 0 Å². The Morgan fingerprint density at radius 1 is 1.35 bits per heavy atom. The van der Waals surface area contributed by atoms with Gasteiger partial charge in [0.15, 0.2) is 0 Å². The summed E-state index contributed by atoms with van der Waals surface area (Å²) in [5, 5.41) is 3.52. The summed E-state index contributed by atoms with van der Waals surface area (Å²) in [6, 6.07) is 5.65. The van der Waals surface area contributed by atoms with Gasteiger partial charge in [0.05, 0.1) is 14.8 Å². The largest absolute Gasteiger partial charge is 0.309 e. The van der Waals surface area contributed by atoms with Crippen LogP contribution < -0.4 is 5.32 Å². The summed E-state index contributed by atoms with van der Waals surface area (Å²) in [4.78, 5) is 0.682. The van der Waals surface area contributed by atoms with E-state index in [-0.39, 0.29) is 4.90 Å². The summed E-state index contributed by atoms with van der Waals surface area (Å²) in [6.45, 7) is 0.401. The Bertz CT molecular complexity index is 603. The molecule has 0 atom stereocenters. The molecular weight excluding hydrogens is 258 g/mol. The van der Waals surface area contributed by atoms with Crippen molar-refractivity contribution < 1.29 is 8.42 Å². The highest BCUT2D eigenvalue weighted by atomic mass is 35.5. The molecule has 1 aliphatic carbocycles. The first-order valence-corrected chi connectivity index (χ1v) is 7.43. The van der Waals surface area contributed by atoms with Crippen LogP contribution in [0.25, 0.3) is 6.08 Å². The second kappa shape index (κ2) is 3.83. The maximum atomic E-state index is 12.2. The molecule has 5 heteroatoms. The van der Waals surface area contributed by atoms with Gasteiger partial charge in [0, 0.05) is 12.6 Å². The molecule has 3 rings (SSSR count). The molecule has 0 bridgehead atoms. The van der Waals surface area contributed by atoms with Crippen molar-refractivity contribution in [1.82, 2.24) is 5.32 Å². The first-order chi connectivity index (χ1) is 8.09. The molecule has 1 N–H and O–H groups in total. The van der Waals surface area contributed by atoms with E-state index < -0.39 is 9.84 Å². The fraction of sp³-hybridized carbons (Fsp3) is 0.333. The van der Waals surface area contributed by atoms with Crippen LogP contribution in [0.3, 0.4) is 0 Å². The van der Waals surface area contributed by atoms with Crippen LogP contribution in [0.15, 0.2) is 28.0 Å². The lowest BCUT2D eigenvalue weighted by molar-refractivity contribution is 0.600. The van der Waals surface area contributed by atoms with E-state index in [1.54, 1.807) is 24.3 Å². The number of hydrogen-bond acceptors (Lipinski definition) is 3. The Morgan fingerprint density at radius 2 is 2.12 bits per heavy atom. The predicted octanol–water partition coefficient (Wildman–Crippen LogP) is 2.22. The Morgan fingerprint density at radius 3 is 2.76 bits per heavy atom. The molecule has 17 heavy (non-hydrogen) atoms. The van der Waals surface area contributed by atoms with Crippen molar-refractivity contribution in [2.24, 2.45) is 0 Å². The number of benzene rings is 1. The van der Waals surface area contributed by atoms with Gasteiger partial charge in [-0.3, -0.25) is 0 Å². The minimum absolute atomic E-state index is 0.259. The molecule has 1 fully saturated rings. The summed E-state index contributed by atoms with van der Waals surface area (Å²) in [7, 11) is -3.38. The third-order valence-electron chi connectivity index (χ3n) is 3.07. The van der Waals surface area contributed by atoms with Crippen molar-refractivity contribution in [2.75, 3.05) is 6.54 Å². The molecule has 1 aromatic rings. The van der Waals surface area contributed by atoms with Gasteiger partial charge in [0.25, 0.3) is 0 Å². The van der Waals surface area contributed by atoms with Crippen LogP contribution in [-0.4, -0.2) is 21.0 Å². The van der Waals surface area contributed by atoms with Crippen molar-refractivity contribution >= 4 is 27.5 Å². The number of nitrogens with one attached hydrogen (secondary N) is 1. The number of halogens is 1. The molecule has 1 aliphatic heterocycles. The van der Waals surface area contributed by atoms with Gasteiger partial charge in [-0.25, -0.2) is 8.42 Å². The highest BCUT2D eigenvalue weighted by Crippen LogP contribution is 2.37. The molecule has 90 valence electrons. The van der Waals surface area contributed by atoms with Gasteiger partial charge in [0.1, 0.15) is 0 Å². The summed E-state index contributed by atoms with van der Waals surface area (Å²) in [5.74, 6) is 0. The normalized spacial score (nSPS) is 21.1. The first-order valence-electron chi connectivity index (χ1n) is 5.56. The molecule has 1 saturated carbocycles. The summed E-state index contributed by atoms with van der Waals surface area (Å²) in [6.07, 6.45) is 3.99. The minimum atomic E-state index is -3.38. The topological polar surface area (TPSA) is 46.2 Å². The molecule has 0 unspecified atom stereocenters. The third-order valence-corrected chi connectivity index (χ3v) is 5.44. The Kier molecular flexibility index (Phi) is 2.54. The van der Waals surface area contributed by atoms with E-state index in [9.17, 15) is 8.42 Å². The fourth-order valence-corrected chi connectivity index (χ4v) is 4.05. The molecule has 0 spiro atoms. The lowest BCUT2D eigenvalue weighted by Gasteiger charge is -2.05. The van der Waals surface area contributed by atoms with E-state index in [1.165, 1.54) is 0 Å². The van der Waals surface area contributed by atoms with E-state index in [0.29, 0.717) is 28.1 Å². The van der Waals surface area contributed by atoms with E-state index in [1.807, 2.05) is 0 Å². The number of sulfone groups is 1. The number of fused-ring (bicyclic) bond motifs is 1. The molecule has 0 amide bonds. The highest BCUT2D eigenvalue weighted by molar-refractivity contribution is 7.96. The Balaban J connectivity index is 1.96. The van der Waals surface area contributed by atoms with Crippen LogP contribution in [0.4, 0.5) is 0 Å². The average Bonchev–Trinajstić information content (AvgIpc) is 3.03. The lowest BCUT2D eigenvalue weighted by atomic mass is 10.2. The molecular formula is C12H12ClNO2S. The standard InChI is InChI=1S/C12H12ClNO2S/c13-11-3-1-2-8-6-10(7-14-9-4-5-9)17(15,16)12(8)11/h1-3,6,9,14H,4-5,7H2. The van der Waals surface area contributed by atoms with Gasteiger partial charge in [-0.1, -0.05) is 23.7 Å². The number of hydrogen-bond donors (Lipinski definition) is 1. The van der Waals surface area contributed by atoms with Crippen LogP contribution in [0, 0.1) is 0 Å². The van der Waals surface area contributed by atoms with Crippen molar-refractivity contribution in [3.8, 4) is 0 Å². The van der Waals surface area contributed by atoms with Crippen LogP contribution >= 0.6 is 11.6 Å². The first kappa shape index (κ1) is 11.3. The molecule has 0 aromatic heterocycles. The quantitative estimate of drug-likeness (QED) is 0.915. The predicted molar refractivity (Wildman–Crippen MR) is 67.6 cm³/mol. The average molecular weight is 270 g/mol. The van der Waals surface area contributed by atoms with E-state index in [2.05, 4.69) is 5.32 Å². The molecule has 0 radical (unpaired) electrons. The van der Waals surface area contributed by atoms with Gasteiger partial charge in [0.2, 0.25) is 9.84 Å².